The molecule has 0 N–H and O–H groups in total. The lowest BCUT2D eigenvalue weighted by Gasteiger charge is -2.32. The van der Waals surface area contributed by atoms with E-state index in [1.165, 1.54) is 76.2 Å². The van der Waals surface area contributed by atoms with Crippen LogP contribution in [-0.2, 0) is 11.2 Å². The summed E-state index contributed by atoms with van der Waals surface area (Å²) in [7, 11) is 0. The maximum atomic E-state index is 5.98. The molecule has 3 rings (SSSR count). The normalized spacial score (nSPS) is 30.3. The van der Waals surface area contributed by atoms with Gasteiger partial charge in [-0.25, -0.2) is 0 Å². The van der Waals surface area contributed by atoms with Crippen molar-refractivity contribution in [2.45, 2.75) is 96.5 Å². The van der Waals surface area contributed by atoms with Crippen molar-refractivity contribution in [3.8, 4) is 0 Å². The molecule has 1 heteroatoms. The van der Waals surface area contributed by atoms with Crippen LogP contribution in [0.15, 0.2) is 24.3 Å². The summed E-state index contributed by atoms with van der Waals surface area (Å²) in [5.41, 5.74) is 3.09. The van der Waals surface area contributed by atoms with Crippen molar-refractivity contribution in [2.24, 2.45) is 11.8 Å². The van der Waals surface area contributed by atoms with Crippen LogP contribution < -0.4 is 0 Å². The summed E-state index contributed by atoms with van der Waals surface area (Å²) in [5, 5.41) is 0. The van der Waals surface area contributed by atoms with E-state index in [1.807, 2.05) is 0 Å². The minimum atomic E-state index is 0.551. The first-order valence-corrected chi connectivity index (χ1v) is 11.0. The van der Waals surface area contributed by atoms with Gasteiger partial charge in [-0.3, -0.25) is 0 Å². The van der Waals surface area contributed by atoms with E-state index in [9.17, 15) is 0 Å². The fraction of sp³-hybridized carbons (Fsp3) is 0.750. The molecule has 1 saturated carbocycles. The number of aryl methyl sites for hydroxylation is 1. The van der Waals surface area contributed by atoms with Crippen LogP contribution in [-0.4, -0.2) is 12.7 Å². The fourth-order valence-corrected chi connectivity index (χ4v) is 4.91. The van der Waals surface area contributed by atoms with E-state index in [4.69, 9.17) is 4.74 Å². The van der Waals surface area contributed by atoms with Gasteiger partial charge in [0.1, 0.15) is 0 Å². The molecule has 140 valence electrons. The third-order valence-electron chi connectivity index (χ3n) is 6.74. The van der Waals surface area contributed by atoms with Gasteiger partial charge >= 0.3 is 0 Å². The molecule has 0 aromatic heterocycles. The summed E-state index contributed by atoms with van der Waals surface area (Å²) in [4.78, 5) is 0. The van der Waals surface area contributed by atoms with Crippen molar-refractivity contribution in [1.82, 2.24) is 0 Å². The Bertz CT molecular complexity index is 475. The minimum Gasteiger partial charge on any atom is -0.378 e. The molecule has 2 atom stereocenters. The van der Waals surface area contributed by atoms with Gasteiger partial charge in [0, 0.05) is 6.61 Å². The molecule has 1 heterocycles. The third kappa shape index (κ3) is 5.58. The van der Waals surface area contributed by atoms with Crippen LogP contribution in [0.3, 0.4) is 0 Å². The van der Waals surface area contributed by atoms with Crippen molar-refractivity contribution in [1.29, 1.82) is 0 Å². The Kier molecular flexibility index (Phi) is 7.40. The molecule has 1 nitrogen and oxygen atoms in total. The van der Waals surface area contributed by atoms with Gasteiger partial charge < -0.3 is 4.74 Å². The van der Waals surface area contributed by atoms with E-state index < -0.39 is 0 Å². The number of rotatable bonds is 7. The Morgan fingerprint density at radius 1 is 0.840 bits per heavy atom. The predicted molar refractivity (Wildman–Crippen MR) is 107 cm³/mol. The second-order valence-corrected chi connectivity index (χ2v) is 8.59. The van der Waals surface area contributed by atoms with E-state index in [2.05, 4.69) is 38.1 Å². The number of benzene rings is 1. The molecule has 0 bridgehead atoms. The van der Waals surface area contributed by atoms with Crippen LogP contribution >= 0.6 is 0 Å². The maximum absolute atomic E-state index is 5.98. The Labute approximate surface area is 155 Å². The largest absolute Gasteiger partial charge is 0.378 e. The van der Waals surface area contributed by atoms with Gasteiger partial charge in [-0.2, -0.15) is 0 Å². The Morgan fingerprint density at radius 3 is 2.12 bits per heavy atom. The van der Waals surface area contributed by atoms with Crippen LogP contribution in [0.1, 0.15) is 95.1 Å². The molecule has 1 saturated heterocycles. The van der Waals surface area contributed by atoms with Crippen LogP contribution in [0.2, 0.25) is 0 Å². The Balaban J connectivity index is 1.37. The molecule has 1 aromatic carbocycles. The molecule has 0 spiro atoms. The highest BCUT2D eigenvalue weighted by molar-refractivity contribution is 5.25. The minimum absolute atomic E-state index is 0.551. The first-order chi connectivity index (χ1) is 12.3. The molecule has 2 fully saturated rings. The van der Waals surface area contributed by atoms with Gasteiger partial charge in [0.25, 0.3) is 0 Å². The molecule has 1 aromatic rings. The zero-order valence-corrected chi connectivity index (χ0v) is 16.5. The quantitative estimate of drug-likeness (QED) is 0.523. The second-order valence-electron chi connectivity index (χ2n) is 8.59. The molecule has 2 unspecified atom stereocenters. The van der Waals surface area contributed by atoms with E-state index in [0.717, 1.165) is 24.4 Å². The molecule has 2 aliphatic rings. The highest BCUT2D eigenvalue weighted by Gasteiger charge is 2.25. The summed E-state index contributed by atoms with van der Waals surface area (Å²) < 4.78 is 5.98. The number of hydrogen-bond donors (Lipinski definition) is 0. The van der Waals surface area contributed by atoms with Gasteiger partial charge in [0.15, 0.2) is 0 Å². The van der Waals surface area contributed by atoms with Crippen molar-refractivity contribution >= 4 is 0 Å². The molecule has 0 radical (unpaired) electrons. The first kappa shape index (κ1) is 19.0. The summed E-state index contributed by atoms with van der Waals surface area (Å²) in [5.74, 6) is 2.63. The van der Waals surface area contributed by atoms with Gasteiger partial charge in [0.2, 0.25) is 0 Å². The summed E-state index contributed by atoms with van der Waals surface area (Å²) in [6, 6.07) is 9.52. The van der Waals surface area contributed by atoms with Crippen molar-refractivity contribution in [3.05, 3.63) is 35.4 Å². The van der Waals surface area contributed by atoms with Gasteiger partial charge in [-0.1, -0.05) is 51.0 Å². The van der Waals surface area contributed by atoms with Gasteiger partial charge in [0.05, 0.1) is 6.10 Å². The fourth-order valence-electron chi connectivity index (χ4n) is 4.91. The van der Waals surface area contributed by atoms with Gasteiger partial charge in [-0.05, 0) is 86.7 Å². The van der Waals surface area contributed by atoms with E-state index in [1.54, 1.807) is 5.56 Å². The van der Waals surface area contributed by atoms with Crippen LogP contribution in [0, 0.1) is 11.8 Å². The summed E-state index contributed by atoms with van der Waals surface area (Å²) in [6.07, 6.45) is 15.4. The average Bonchev–Trinajstić information content (AvgIpc) is 2.68. The smallest absolute Gasteiger partial charge is 0.0572 e. The van der Waals surface area contributed by atoms with E-state index >= 15 is 0 Å². The van der Waals surface area contributed by atoms with Gasteiger partial charge in [-0.15, -0.1) is 0 Å². The Morgan fingerprint density at radius 2 is 1.52 bits per heavy atom. The monoisotopic (exact) mass is 342 g/mol. The van der Waals surface area contributed by atoms with E-state index in [0.29, 0.717) is 6.10 Å². The highest BCUT2D eigenvalue weighted by atomic mass is 16.5. The van der Waals surface area contributed by atoms with Crippen LogP contribution in [0.5, 0.6) is 0 Å². The molecule has 1 aliphatic carbocycles. The Hall–Kier alpha value is -0.820. The lowest BCUT2D eigenvalue weighted by atomic mass is 9.76. The van der Waals surface area contributed by atoms with Crippen LogP contribution in [0.4, 0.5) is 0 Å². The molecular formula is C24H38O. The lowest BCUT2D eigenvalue weighted by molar-refractivity contribution is -0.0208. The van der Waals surface area contributed by atoms with Crippen LogP contribution in [0.25, 0.3) is 0 Å². The van der Waals surface area contributed by atoms with Crippen molar-refractivity contribution in [3.63, 3.8) is 0 Å². The average molecular weight is 343 g/mol. The highest BCUT2D eigenvalue weighted by Crippen LogP contribution is 2.38. The zero-order chi connectivity index (χ0) is 17.5. The second kappa shape index (κ2) is 9.76. The van der Waals surface area contributed by atoms with Crippen molar-refractivity contribution < 1.29 is 4.74 Å². The molecule has 0 amide bonds. The zero-order valence-electron chi connectivity index (χ0n) is 16.5. The predicted octanol–water partition coefficient (Wildman–Crippen LogP) is 6.90. The summed E-state index contributed by atoms with van der Waals surface area (Å²) >= 11 is 0. The molecule has 25 heavy (non-hydrogen) atoms. The molecule has 1 aliphatic heterocycles. The SMILES string of the molecule is CCCc1ccc(C2CCC(CCC3CCC(CC)OC3)CC2)cc1. The number of hydrogen-bond acceptors (Lipinski definition) is 1. The van der Waals surface area contributed by atoms with E-state index in [-0.39, 0.29) is 0 Å². The lowest BCUT2D eigenvalue weighted by Crippen LogP contribution is -2.26. The maximum Gasteiger partial charge on any atom is 0.0572 e. The summed E-state index contributed by atoms with van der Waals surface area (Å²) in [6.45, 7) is 5.54. The number of ether oxygens (including phenoxy) is 1. The standard InChI is InChI=1S/C24H38O/c1-3-5-19-8-13-22(14-9-19)23-15-10-20(11-16-23)6-7-21-12-17-24(4-2)25-18-21/h8-9,13-14,20-21,23-24H,3-7,10-12,15-18H2,1-2H3. The molecular weight excluding hydrogens is 304 g/mol. The first-order valence-electron chi connectivity index (χ1n) is 11.0. The van der Waals surface area contributed by atoms with Crippen molar-refractivity contribution in [2.75, 3.05) is 6.61 Å². The third-order valence-corrected chi connectivity index (χ3v) is 6.74. The topological polar surface area (TPSA) is 9.23 Å².